The van der Waals surface area contributed by atoms with E-state index in [1.54, 1.807) is 0 Å². The summed E-state index contributed by atoms with van der Waals surface area (Å²) in [6.45, 7) is -0.794. The summed E-state index contributed by atoms with van der Waals surface area (Å²) < 4.78 is 32.0. The summed E-state index contributed by atoms with van der Waals surface area (Å²) in [4.78, 5) is 11.1. The first-order chi connectivity index (χ1) is 6.92. The predicted molar refractivity (Wildman–Crippen MR) is 49.7 cm³/mol. The molecule has 1 aromatic heterocycles. The zero-order valence-electron chi connectivity index (χ0n) is 8.46. The van der Waals surface area contributed by atoms with Crippen molar-refractivity contribution in [1.29, 1.82) is 0 Å². The Kier molecular flexibility index (Phi) is 3.09. The van der Waals surface area contributed by atoms with E-state index in [0.29, 0.717) is 0 Å². The molecule has 6 heteroatoms. The van der Waals surface area contributed by atoms with E-state index in [2.05, 4.69) is 4.74 Å². The van der Waals surface area contributed by atoms with Gasteiger partial charge in [-0.2, -0.15) is 8.78 Å². The summed E-state index contributed by atoms with van der Waals surface area (Å²) in [6, 6.07) is 1.08. The first kappa shape index (κ1) is 11.6. The third-order valence-corrected chi connectivity index (χ3v) is 2.08. The number of esters is 1. The number of nitrogens with two attached hydrogens (primary N) is 1. The van der Waals surface area contributed by atoms with E-state index >= 15 is 0 Å². The molecule has 84 valence electrons. The standard InChI is InChI=1S/C9H12F2N2O2/c1-13-4-6(9(10,11)5-12)3-7(13)8(14)15-2/h3-4H,5,12H2,1-2H3. The van der Waals surface area contributed by atoms with Crippen LogP contribution in [0.15, 0.2) is 12.3 Å². The molecule has 0 bridgehead atoms. The highest BCUT2D eigenvalue weighted by Gasteiger charge is 2.32. The maximum absolute atomic E-state index is 13.2. The molecule has 0 aliphatic carbocycles. The van der Waals surface area contributed by atoms with E-state index in [1.165, 1.54) is 24.9 Å². The van der Waals surface area contributed by atoms with Gasteiger partial charge in [-0.3, -0.25) is 0 Å². The molecule has 1 aromatic rings. The van der Waals surface area contributed by atoms with Gasteiger partial charge in [-0.25, -0.2) is 4.79 Å². The minimum Gasteiger partial charge on any atom is -0.464 e. The van der Waals surface area contributed by atoms with Crippen molar-refractivity contribution in [2.24, 2.45) is 12.8 Å². The highest BCUT2D eigenvalue weighted by molar-refractivity contribution is 5.88. The molecule has 0 aliphatic heterocycles. The number of aryl methyl sites for hydroxylation is 1. The predicted octanol–water partition coefficient (Wildman–Crippen LogP) is 0.862. The van der Waals surface area contributed by atoms with Crippen LogP contribution in [0.4, 0.5) is 8.78 Å². The van der Waals surface area contributed by atoms with Crippen LogP contribution in [-0.4, -0.2) is 24.2 Å². The van der Waals surface area contributed by atoms with Crippen molar-refractivity contribution < 1.29 is 18.3 Å². The molecular weight excluding hydrogens is 206 g/mol. The molecule has 0 spiro atoms. The number of ether oxygens (including phenoxy) is 1. The second-order valence-electron chi connectivity index (χ2n) is 3.13. The summed E-state index contributed by atoms with van der Waals surface area (Å²) in [5, 5.41) is 0. The molecule has 0 radical (unpaired) electrons. The van der Waals surface area contributed by atoms with Gasteiger partial charge in [0.1, 0.15) is 5.69 Å². The average molecular weight is 218 g/mol. The summed E-state index contributed by atoms with van der Waals surface area (Å²) in [5.41, 5.74) is 4.72. The molecule has 0 aromatic carbocycles. The zero-order chi connectivity index (χ0) is 11.6. The molecule has 0 amide bonds. The van der Waals surface area contributed by atoms with Crippen molar-refractivity contribution >= 4 is 5.97 Å². The number of rotatable bonds is 3. The fourth-order valence-electron chi connectivity index (χ4n) is 1.19. The van der Waals surface area contributed by atoms with Gasteiger partial charge in [0.05, 0.1) is 13.7 Å². The molecule has 4 nitrogen and oxygen atoms in total. The van der Waals surface area contributed by atoms with Crippen molar-refractivity contribution in [2.75, 3.05) is 13.7 Å². The average Bonchev–Trinajstić information content (AvgIpc) is 2.60. The number of carbonyl (C=O) groups is 1. The number of aromatic nitrogens is 1. The van der Waals surface area contributed by atoms with E-state index in [4.69, 9.17) is 5.73 Å². The van der Waals surface area contributed by atoms with Crippen molar-refractivity contribution in [2.45, 2.75) is 5.92 Å². The Morgan fingerprint density at radius 2 is 2.27 bits per heavy atom. The van der Waals surface area contributed by atoms with Crippen molar-refractivity contribution in [3.05, 3.63) is 23.5 Å². The van der Waals surface area contributed by atoms with E-state index in [0.717, 1.165) is 6.07 Å². The van der Waals surface area contributed by atoms with Crippen LogP contribution in [0.2, 0.25) is 0 Å². The summed E-state index contributed by atoms with van der Waals surface area (Å²) in [7, 11) is 2.68. The largest absolute Gasteiger partial charge is 0.464 e. The van der Waals surface area contributed by atoms with Crippen LogP contribution in [0.1, 0.15) is 16.1 Å². The maximum atomic E-state index is 13.2. The van der Waals surface area contributed by atoms with E-state index in [9.17, 15) is 13.6 Å². The smallest absolute Gasteiger partial charge is 0.354 e. The van der Waals surface area contributed by atoms with Crippen molar-refractivity contribution in [3.63, 3.8) is 0 Å². The Balaban J connectivity index is 3.11. The van der Waals surface area contributed by atoms with Gasteiger partial charge in [0.2, 0.25) is 0 Å². The molecule has 15 heavy (non-hydrogen) atoms. The van der Waals surface area contributed by atoms with E-state index in [-0.39, 0.29) is 11.3 Å². The fourth-order valence-corrected chi connectivity index (χ4v) is 1.19. The van der Waals surface area contributed by atoms with Gasteiger partial charge in [0.25, 0.3) is 5.92 Å². The molecule has 0 fully saturated rings. The zero-order valence-corrected chi connectivity index (χ0v) is 8.46. The van der Waals surface area contributed by atoms with Crippen LogP contribution < -0.4 is 5.73 Å². The Labute approximate surface area is 85.6 Å². The second-order valence-corrected chi connectivity index (χ2v) is 3.13. The van der Waals surface area contributed by atoms with Crippen molar-refractivity contribution in [3.8, 4) is 0 Å². The van der Waals surface area contributed by atoms with Gasteiger partial charge in [-0.05, 0) is 6.07 Å². The third kappa shape index (κ3) is 2.15. The lowest BCUT2D eigenvalue weighted by Gasteiger charge is -2.10. The van der Waals surface area contributed by atoms with Gasteiger partial charge in [0, 0.05) is 18.8 Å². The first-order valence-electron chi connectivity index (χ1n) is 4.25. The number of halogens is 2. The Morgan fingerprint density at radius 3 is 2.73 bits per heavy atom. The monoisotopic (exact) mass is 218 g/mol. The molecule has 0 unspecified atom stereocenters. The summed E-state index contributed by atoms with van der Waals surface area (Å²) >= 11 is 0. The molecule has 2 N–H and O–H groups in total. The van der Waals surface area contributed by atoms with Crippen LogP contribution in [0.3, 0.4) is 0 Å². The van der Waals surface area contributed by atoms with Gasteiger partial charge < -0.3 is 15.0 Å². The first-order valence-corrected chi connectivity index (χ1v) is 4.25. The summed E-state index contributed by atoms with van der Waals surface area (Å²) in [6.07, 6.45) is 1.17. The van der Waals surface area contributed by atoms with Crippen LogP contribution in [0.5, 0.6) is 0 Å². The molecular formula is C9H12F2N2O2. The lowest BCUT2D eigenvalue weighted by atomic mass is 10.2. The lowest BCUT2D eigenvalue weighted by molar-refractivity contribution is 0.00595. The van der Waals surface area contributed by atoms with Gasteiger partial charge in [-0.1, -0.05) is 0 Å². The number of carbonyl (C=O) groups excluding carboxylic acids is 1. The summed E-state index contributed by atoms with van der Waals surface area (Å²) in [5.74, 6) is -3.78. The van der Waals surface area contributed by atoms with E-state index in [1.807, 2.05) is 0 Å². The highest BCUT2D eigenvalue weighted by Crippen LogP contribution is 2.28. The van der Waals surface area contributed by atoms with Crippen LogP contribution in [-0.2, 0) is 17.7 Å². The Bertz CT molecular complexity index is 374. The molecule has 0 aliphatic rings. The Morgan fingerprint density at radius 1 is 1.67 bits per heavy atom. The number of nitrogens with zero attached hydrogens (tertiary/aromatic N) is 1. The molecule has 1 rings (SSSR count). The minimum absolute atomic E-state index is 0.0700. The van der Waals surface area contributed by atoms with Crippen molar-refractivity contribution in [1.82, 2.24) is 4.57 Å². The van der Waals surface area contributed by atoms with Crippen LogP contribution in [0, 0.1) is 0 Å². The van der Waals surface area contributed by atoms with Crippen LogP contribution >= 0.6 is 0 Å². The highest BCUT2D eigenvalue weighted by atomic mass is 19.3. The third-order valence-electron chi connectivity index (χ3n) is 2.08. The number of hydrogen-bond donors (Lipinski definition) is 1. The Hall–Kier alpha value is -1.43. The molecule has 1 heterocycles. The lowest BCUT2D eigenvalue weighted by Crippen LogP contribution is -2.24. The second kappa shape index (κ2) is 3.98. The van der Waals surface area contributed by atoms with Gasteiger partial charge in [-0.15, -0.1) is 0 Å². The topological polar surface area (TPSA) is 57.2 Å². The molecule has 0 saturated carbocycles. The number of methoxy groups -OCH3 is 1. The maximum Gasteiger partial charge on any atom is 0.354 e. The quantitative estimate of drug-likeness (QED) is 0.765. The van der Waals surface area contributed by atoms with E-state index < -0.39 is 18.4 Å². The fraction of sp³-hybridized carbons (Fsp3) is 0.444. The molecule has 0 saturated heterocycles. The van der Waals surface area contributed by atoms with Crippen LogP contribution in [0.25, 0.3) is 0 Å². The molecule has 0 atom stereocenters. The number of alkyl halides is 2. The SMILES string of the molecule is COC(=O)c1cc(C(F)(F)CN)cn1C. The normalized spacial score (nSPS) is 11.5. The van der Waals surface area contributed by atoms with Gasteiger partial charge in [0.15, 0.2) is 0 Å². The minimum atomic E-state index is -3.12. The number of hydrogen-bond acceptors (Lipinski definition) is 3. The van der Waals surface area contributed by atoms with Gasteiger partial charge >= 0.3 is 5.97 Å².